The average Bonchev–Trinajstić information content (AvgIpc) is 4.08. The van der Waals surface area contributed by atoms with Crippen molar-refractivity contribution >= 4 is 72.2 Å². The number of ether oxygens (including phenoxy) is 6. The van der Waals surface area contributed by atoms with Gasteiger partial charge in [0.05, 0.1) is 63.1 Å². The molecule has 4 saturated heterocycles. The number of halogens is 1. The van der Waals surface area contributed by atoms with Gasteiger partial charge in [0.1, 0.15) is 66.4 Å². The number of carbonyl (C=O) groups excluding carboxylic acids is 4. The smallest absolute Gasteiger partial charge is 0.337 e. The Morgan fingerprint density at radius 2 is 1.46 bits per heavy atom. The van der Waals surface area contributed by atoms with E-state index in [-0.39, 0.29) is 77.9 Å². The fraction of sp³-hybridized carbons (Fsp3) is 0.339. The van der Waals surface area contributed by atoms with Crippen molar-refractivity contribution in [3.63, 3.8) is 0 Å². The number of thiazole rings is 1. The zero-order valence-electron chi connectivity index (χ0n) is 44.6. The molecule has 0 saturated carbocycles. The van der Waals surface area contributed by atoms with Gasteiger partial charge in [0.15, 0.2) is 29.6 Å². The monoisotopic (exact) mass is 1150 g/mol. The maximum Gasteiger partial charge on any atom is 0.337 e. The Kier molecular flexibility index (Phi) is 17.2. The van der Waals surface area contributed by atoms with Crippen molar-refractivity contribution in [3.05, 3.63) is 151 Å². The zero-order chi connectivity index (χ0) is 55.9. The van der Waals surface area contributed by atoms with Gasteiger partial charge in [0.25, 0.3) is 23.6 Å². The third-order valence-electron chi connectivity index (χ3n) is 14.5. The van der Waals surface area contributed by atoms with Gasteiger partial charge in [0.2, 0.25) is 0 Å². The lowest BCUT2D eigenvalue weighted by molar-refractivity contribution is -0.924. The third-order valence-corrected chi connectivity index (χ3v) is 17.0. The number of nitrogens with one attached hydrogen (secondary N) is 1. The second kappa shape index (κ2) is 24.7. The molecule has 0 aliphatic carbocycles. The summed E-state index contributed by atoms with van der Waals surface area (Å²) < 4.78 is 45.6. The molecule has 20 nitrogen and oxygen atoms in total. The van der Waals surface area contributed by atoms with E-state index in [9.17, 15) is 19.2 Å². The number of amides is 3. The van der Waals surface area contributed by atoms with Crippen molar-refractivity contribution < 1.29 is 66.1 Å². The first-order valence-electron chi connectivity index (χ1n) is 25.8. The number of rotatable bonds is 22. The fourth-order valence-corrected chi connectivity index (χ4v) is 12.4. The highest BCUT2D eigenvalue weighted by molar-refractivity contribution is 8.00. The number of hydrogen-bond acceptors (Lipinski definition) is 18. The van der Waals surface area contributed by atoms with E-state index in [0.717, 1.165) is 46.9 Å². The van der Waals surface area contributed by atoms with Crippen LogP contribution >= 0.6 is 34.7 Å². The summed E-state index contributed by atoms with van der Waals surface area (Å²) in [7, 11) is 6.10. The number of methoxy groups -OCH3 is 3. The number of fused-ring (bicyclic) bond motifs is 5. The number of β-lactam (4-membered cyclic amide) rings is 1. The topological polar surface area (TPSA) is 212 Å². The summed E-state index contributed by atoms with van der Waals surface area (Å²) in [5.41, 5.74) is 4.00. The van der Waals surface area contributed by atoms with Crippen molar-refractivity contribution in [2.75, 3.05) is 59.8 Å². The van der Waals surface area contributed by atoms with E-state index < -0.39 is 29.2 Å². The fourth-order valence-electron chi connectivity index (χ4n) is 10.2. The SMILES string of the molecule is BOC(=O)C1=C(C[N+]23CCC(CC2)N(C(=O)c2ccc(OCc4ccc(OC)cc4)c(OCc4ccc(OC)cc4)c2Cl)CC3)CS[C@@H]2[C@H](NC(=O)/C(=N\OCc3cc(OCc4ccc(OC)cc4)no3)c3csc(C)n3)C(=O)N12. The minimum atomic E-state index is -0.992. The van der Waals surface area contributed by atoms with E-state index in [1.165, 1.54) is 36.0 Å². The molecular weight excluding hydrogens is 1090 g/mol. The number of aryl methyl sites for hydroxylation is 1. The minimum Gasteiger partial charge on any atom is -0.539 e. The van der Waals surface area contributed by atoms with Gasteiger partial charge in [-0.1, -0.05) is 53.2 Å². The molecule has 24 heteroatoms. The molecule has 2 bridgehead atoms. The molecule has 0 unspecified atom stereocenters. The molecule has 3 amide bonds. The van der Waals surface area contributed by atoms with Gasteiger partial charge in [-0.25, -0.2) is 9.78 Å². The Labute approximate surface area is 475 Å². The molecule has 1 N–H and O–H groups in total. The van der Waals surface area contributed by atoms with E-state index in [4.69, 9.17) is 54.0 Å². The van der Waals surface area contributed by atoms with Crippen LogP contribution in [-0.2, 0) is 50.3 Å². The highest BCUT2D eigenvalue weighted by atomic mass is 35.5. The lowest BCUT2D eigenvalue weighted by atomic mass is 9.99. The van der Waals surface area contributed by atoms with Crippen LogP contribution in [0, 0.1) is 6.92 Å². The maximum absolute atomic E-state index is 14.8. The molecule has 5 aliphatic heterocycles. The molecule has 2 atom stereocenters. The Hall–Kier alpha value is -7.73. The minimum absolute atomic E-state index is 0.0552. The summed E-state index contributed by atoms with van der Waals surface area (Å²) in [6.45, 7) is 5.19. The van der Waals surface area contributed by atoms with Crippen LogP contribution < -0.4 is 33.7 Å². The summed E-state index contributed by atoms with van der Waals surface area (Å²) in [4.78, 5) is 70.1. The molecule has 4 fully saturated rings. The van der Waals surface area contributed by atoms with Crippen LogP contribution in [0.3, 0.4) is 0 Å². The number of carbonyl (C=O) groups is 4. The maximum atomic E-state index is 14.8. The van der Waals surface area contributed by atoms with Crippen molar-refractivity contribution in [2.24, 2.45) is 5.16 Å². The summed E-state index contributed by atoms with van der Waals surface area (Å²) in [6.07, 6.45) is 1.43. The van der Waals surface area contributed by atoms with Gasteiger partial charge in [-0.3, -0.25) is 19.3 Å². The van der Waals surface area contributed by atoms with Gasteiger partial charge >= 0.3 is 14.0 Å². The molecule has 2 aromatic heterocycles. The molecule has 80 heavy (non-hydrogen) atoms. The van der Waals surface area contributed by atoms with Gasteiger partial charge in [-0.15, -0.1) is 23.1 Å². The zero-order valence-corrected chi connectivity index (χ0v) is 47.0. The number of quaternary nitrogens is 1. The molecule has 416 valence electrons. The highest BCUT2D eigenvalue weighted by Crippen LogP contribution is 2.44. The van der Waals surface area contributed by atoms with E-state index in [1.54, 1.807) is 51.8 Å². The number of nitrogens with zero attached hydrogens (tertiary/aromatic N) is 6. The second-order valence-electron chi connectivity index (χ2n) is 19.5. The summed E-state index contributed by atoms with van der Waals surface area (Å²) >= 11 is 9.96. The quantitative estimate of drug-likeness (QED) is 0.0248. The molecular formula is C56H58BClN7O13S2+. The molecule has 6 aromatic rings. The van der Waals surface area contributed by atoms with Crippen molar-refractivity contribution in [1.82, 2.24) is 25.3 Å². The highest BCUT2D eigenvalue weighted by Gasteiger charge is 2.56. The summed E-state index contributed by atoms with van der Waals surface area (Å²) in [6, 6.07) is 26.4. The predicted molar refractivity (Wildman–Crippen MR) is 299 cm³/mol. The van der Waals surface area contributed by atoms with Crippen LogP contribution in [0.5, 0.6) is 34.6 Å². The second-order valence-corrected chi connectivity index (χ2v) is 22.0. The summed E-state index contributed by atoms with van der Waals surface area (Å²) in [5, 5.41) is 12.8. The van der Waals surface area contributed by atoms with E-state index in [0.29, 0.717) is 64.8 Å². The lowest BCUT2D eigenvalue weighted by Crippen LogP contribution is -2.71. The van der Waals surface area contributed by atoms with Crippen LogP contribution in [0.25, 0.3) is 0 Å². The van der Waals surface area contributed by atoms with Gasteiger partial charge in [-0.05, 0) is 77.3 Å². The van der Waals surface area contributed by atoms with Crippen molar-refractivity contribution in [1.29, 1.82) is 0 Å². The lowest BCUT2D eigenvalue weighted by Gasteiger charge is -2.50. The standard InChI is InChI=1S/C56H57BClN7O13S2/c1-33-59-44(32-79-33)48(62-76-30-42-25-46(61-78-42)74-28-35-7-13-40(71-3)14-8-35)52(66)60-49-54(68)64-50(56(69)77-57)37(31-80-55(49)64)26-65-22-19-38(20-23-65)63(21-24-65)53(67)43-17-18-45(73-27-34-5-11-39(70-2)12-6-34)51(47(43)58)75-29-36-9-15-41(72-4)16-10-36/h5-18,25,32,38,49,55H,19-24,26-31,57H2,1-4H3/p+1/b62-48-/t38?,49-,55-,65?/m1/s1. The van der Waals surface area contributed by atoms with Crippen LogP contribution in [0.1, 0.15) is 56.4 Å². The largest absolute Gasteiger partial charge is 0.539 e. The number of thioether (sulfide) groups is 1. The van der Waals surface area contributed by atoms with E-state index >= 15 is 0 Å². The molecule has 4 aromatic carbocycles. The Morgan fingerprint density at radius 1 is 0.838 bits per heavy atom. The molecule has 11 rings (SSSR count). The number of oxime groups is 1. The summed E-state index contributed by atoms with van der Waals surface area (Å²) in [5.74, 6) is 1.70. The number of benzene rings is 4. The number of aromatic nitrogens is 2. The van der Waals surface area contributed by atoms with Gasteiger partial charge in [0, 0.05) is 41.7 Å². The predicted octanol–water partition coefficient (Wildman–Crippen LogP) is 6.66. The third kappa shape index (κ3) is 12.2. The van der Waals surface area contributed by atoms with Crippen molar-refractivity contribution in [3.8, 4) is 34.6 Å². The molecule has 0 radical (unpaired) electrons. The van der Waals surface area contributed by atoms with Crippen molar-refractivity contribution in [2.45, 2.75) is 63.7 Å². The van der Waals surface area contributed by atoms with Crippen LogP contribution in [0.15, 0.2) is 117 Å². The molecule has 7 heterocycles. The first kappa shape index (κ1) is 55.6. The normalized spacial score (nSPS) is 19.5. The van der Waals surface area contributed by atoms with Crippen LogP contribution in [0.2, 0.25) is 5.02 Å². The number of piperidine rings is 1. The number of hydrogen-bond donors (Lipinski definition) is 1. The van der Waals surface area contributed by atoms with Crippen LogP contribution in [-0.4, -0.2) is 139 Å². The molecule has 0 spiro atoms. The Balaban J connectivity index is 0.802. The van der Waals surface area contributed by atoms with E-state index in [2.05, 4.69) is 20.6 Å². The first-order valence-corrected chi connectivity index (χ1v) is 28.1. The van der Waals surface area contributed by atoms with Crippen LogP contribution in [0.4, 0.5) is 0 Å². The van der Waals surface area contributed by atoms with E-state index in [1.807, 2.05) is 77.7 Å². The molecule has 5 aliphatic rings. The van der Waals surface area contributed by atoms with Gasteiger partial charge in [-0.2, -0.15) is 0 Å². The first-order chi connectivity index (χ1) is 38.9. The Bertz CT molecular complexity index is 3300. The van der Waals surface area contributed by atoms with Gasteiger partial charge < -0.3 is 57.1 Å². The average molecular weight is 1150 g/mol. The Morgan fingerprint density at radius 3 is 2.06 bits per heavy atom.